The van der Waals surface area contributed by atoms with Gasteiger partial charge >= 0.3 is 5.97 Å². The van der Waals surface area contributed by atoms with Gasteiger partial charge in [0.1, 0.15) is 11.5 Å². The van der Waals surface area contributed by atoms with Gasteiger partial charge in [-0.25, -0.2) is 9.67 Å². The number of phenols is 1. The molecule has 0 aliphatic rings. The van der Waals surface area contributed by atoms with Gasteiger partial charge in [0.2, 0.25) is 0 Å². The first-order valence-electron chi connectivity index (χ1n) is 9.37. The molecule has 0 spiro atoms. The number of aromatic hydroxyl groups is 1. The van der Waals surface area contributed by atoms with Crippen molar-refractivity contribution in [2.24, 2.45) is 0 Å². The average Bonchev–Trinajstić information content (AvgIpc) is 3.18. The number of rotatable bonds is 5. The first-order chi connectivity index (χ1) is 14.6. The van der Waals surface area contributed by atoms with E-state index in [2.05, 4.69) is 10.1 Å². The van der Waals surface area contributed by atoms with Crippen LogP contribution in [0.5, 0.6) is 11.5 Å². The van der Waals surface area contributed by atoms with Gasteiger partial charge < -0.3 is 9.84 Å². The average molecular weight is 397 g/mol. The molecule has 0 saturated carbocycles. The van der Waals surface area contributed by atoms with Crippen molar-refractivity contribution in [3.8, 4) is 28.6 Å². The molecule has 0 saturated heterocycles. The molecular weight excluding hydrogens is 378 g/mol. The fourth-order valence-electron chi connectivity index (χ4n) is 2.97. The zero-order valence-corrected chi connectivity index (χ0v) is 16.3. The highest BCUT2D eigenvalue weighted by atomic mass is 16.5. The predicted molar refractivity (Wildman–Crippen MR) is 115 cm³/mol. The summed E-state index contributed by atoms with van der Waals surface area (Å²) in [7, 11) is 0. The smallest absolute Gasteiger partial charge is 0.308 e. The maximum Gasteiger partial charge on any atom is 0.308 e. The van der Waals surface area contributed by atoms with E-state index in [0.717, 1.165) is 11.3 Å². The van der Waals surface area contributed by atoms with E-state index >= 15 is 0 Å². The van der Waals surface area contributed by atoms with Crippen molar-refractivity contribution in [1.29, 1.82) is 0 Å². The summed E-state index contributed by atoms with van der Waals surface area (Å²) in [5.74, 6) is 1.32. The Morgan fingerprint density at radius 2 is 1.63 bits per heavy atom. The molecular formula is C24H19N3O3. The van der Waals surface area contributed by atoms with Gasteiger partial charge in [0.25, 0.3) is 0 Å². The van der Waals surface area contributed by atoms with E-state index in [0.29, 0.717) is 23.0 Å². The SMILES string of the molecule is CC(=O)Oc1ccc(C=Cc2nc(-c3ccccc3O)n(-c3ccccc3)n2)cc1. The Morgan fingerprint density at radius 3 is 2.33 bits per heavy atom. The molecule has 0 aliphatic heterocycles. The summed E-state index contributed by atoms with van der Waals surface area (Å²) in [6.45, 7) is 1.37. The summed E-state index contributed by atoms with van der Waals surface area (Å²) < 4.78 is 6.75. The largest absolute Gasteiger partial charge is 0.507 e. The van der Waals surface area contributed by atoms with Crippen molar-refractivity contribution >= 4 is 18.1 Å². The number of ether oxygens (including phenoxy) is 1. The number of aromatic nitrogens is 3. The minimum absolute atomic E-state index is 0.138. The maximum absolute atomic E-state index is 11.0. The molecule has 6 nitrogen and oxygen atoms in total. The summed E-state index contributed by atoms with van der Waals surface area (Å²) >= 11 is 0. The fraction of sp³-hybridized carbons (Fsp3) is 0.0417. The molecule has 0 amide bonds. The molecule has 1 N–H and O–H groups in total. The molecule has 0 aliphatic carbocycles. The van der Waals surface area contributed by atoms with E-state index in [4.69, 9.17) is 4.74 Å². The lowest BCUT2D eigenvalue weighted by Crippen LogP contribution is -2.00. The lowest BCUT2D eigenvalue weighted by atomic mass is 10.2. The first kappa shape index (κ1) is 19.1. The summed E-state index contributed by atoms with van der Waals surface area (Å²) in [6, 6.07) is 23.8. The van der Waals surface area contributed by atoms with E-state index in [-0.39, 0.29) is 11.7 Å². The second kappa shape index (κ2) is 8.45. The van der Waals surface area contributed by atoms with Crippen molar-refractivity contribution < 1.29 is 14.6 Å². The first-order valence-corrected chi connectivity index (χ1v) is 9.37. The van der Waals surface area contributed by atoms with Gasteiger partial charge in [-0.1, -0.05) is 48.5 Å². The number of benzene rings is 3. The number of phenolic OH excluding ortho intramolecular Hbond substituents is 1. The van der Waals surface area contributed by atoms with Crippen LogP contribution in [0.25, 0.3) is 29.2 Å². The van der Waals surface area contributed by atoms with E-state index in [1.807, 2.05) is 54.6 Å². The van der Waals surface area contributed by atoms with Gasteiger partial charge in [-0.2, -0.15) is 0 Å². The minimum atomic E-state index is -0.356. The molecule has 30 heavy (non-hydrogen) atoms. The Morgan fingerprint density at radius 1 is 0.933 bits per heavy atom. The van der Waals surface area contributed by atoms with Crippen LogP contribution in [0.15, 0.2) is 78.9 Å². The van der Waals surface area contributed by atoms with Crippen molar-refractivity contribution in [3.63, 3.8) is 0 Å². The molecule has 1 aromatic heterocycles. The second-order valence-electron chi connectivity index (χ2n) is 6.55. The summed E-state index contributed by atoms with van der Waals surface area (Å²) in [5, 5.41) is 14.9. The number of nitrogens with zero attached hydrogens (tertiary/aromatic N) is 3. The third kappa shape index (κ3) is 4.28. The molecule has 0 radical (unpaired) electrons. The zero-order valence-electron chi connectivity index (χ0n) is 16.3. The molecule has 1 heterocycles. The third-order valence-corrected chi connectivity index (χ3v) is 4.34. The van der Waals surface area contributed by atoms with Crippen LogP contribution in [0.4, 0.5) is 0 Å². The number of carbonyl (C=O) groups excluding carboxylic acids is 1. The van der Waals surface area contributed by atoms with Gasteiger partial charge in [-0.15, -0.1) is 5.10 Å². The summed E-state index contributed by atoms with van der Waals surface area (Å²) in [4.78, 5) is 15.7. The standard InChI is InChI=1S/C24H19N3O3/c1-17(28)30-20-14-11-18(12-15-20)13-16-23-25-24(21-9-5-6-10-22(21)29)27(26-23)19-7-3-2-4-8-19/h2-16,29H,1H3. The van der Waals surface area contributed by atoms with Crippen molar-refractivity contribution in [3.05, 3.63) is 90.3 Å². The molecule has 0 fully saturated rings. The summed E-state index contributed by atoms with van der Waals surface area (Å²) in [5.41, 5.74) is 2.35. The molecule has 4 rings (SSSR count). The fourth-order valence-corrected chi connectivity index (χ4v) is 2.97. The Balaban J connectivity index is 1.68. The highest BCUT2D eigenvalue weighted by Crippen LogP contribution is 2.29. The molecule has 3 aromatic carbocycles. The molecule has 148 valence electrons. The van der Waals surface area contributed by atoms with Crippen LogP contribution in [-0.2, 0) is 4.79 Å². The summed E-state index contributed by atoms with van der Waals surface area (Å²) in [6.07, 6.45) is 3.67. The number of carbonyl (C=O) groups is 1. The van der Waals surface area contributed by atoms with Gasteiger partial charge in [0, 0.05) is 6.92 Å². The number of esters is 1. The van der Waals surface area contributed by atoms with Crippen molar-refractivity contribution in [2.75, 3.05) is 0 Å². The predicted octanol–water partition coefficient (Wildman–Crippen LogP) is 4.74. The number of hydrogen-bond donors (Lipinski definition) is 1. The Kier molecular flexibility index (Phi) is 5.39. The van der Waals surface area contributed by atoms with Crippen LogP contribution in [0.3, 0.4) is 0 Å². The molecule has 0 unspecified atom stereocenters. The molecule has 0 atom stereocenters. The third-order valence-electron chi connectivity index (χ3n) is 4.34. The Bertz CT molecular complexity index is 1200. The van der Waals surface area contributed by atoms with E-state index in [1.165, 1.54) is 6.92 Å². The molecule has 4 aromatic rings. The second-order valence-corrected chi connectivity index (χ2v) is 6.55. The van der Waals surface area contributed by atoms with Crippen LogP contribution in [0.2, 0.25) is 0 Å². The normalized spacial score (nSPS) is 11.0. The van der Waals surface area contributed by atoms with Gasteiger partial charge in [0.15, 0.2) is 11.6 Å². The topological polar surface area (TPSA) is 77.2 Å². The molecule has 0 bridgehead atoms. The van der Waals surface area contributed by atoms with Crippen LogP contribution in [0.1, 0.15) is 18.3 Å². The van der Waals surface area contributed by atoms with Crippen LogP contribution in [-0.4, -0.2) is 25.8 Å². The lowest BCUT2D eigenvalue weighted by Gasteiger charge is -2.06. The maximum atomic E-state index is 11.0. The highest BCUT2D eigenvalue weighted by Gasteiger charge is 2.15. The van der Waals surface area contributed by atoms with Gasteiger partial charge in [0.05, 0.1) is 11.3 Å². The van der Waals surface area contributed by atoms with Crippen molar-refractivity contribution in [2.45, 2.75) is 6.92 Å². The van der Waals surface area contributed by atoms with Gasteiger partial charge in [-0.05, 0) is 48.0 Å². The quantitative estimate of drug-likeness (QED) is 0.389. The Labute approximate surface area is 173 Å². The Hall–Kier alpha value is -4.19. The lowest BCUT2D eigenvalue weighted by molar-refractivity contribution is -0.131. The molecule has 6 heteroatoms. The minimum Gasteiger partial charge on any atom is -0.507 e. The van der Waals surface area contributed by atoms with Crippen molar-refractivity contribution in [1.82, 2.24) is 14.8 Å². The van der Waals surface area contributed by atoms with Crippen LogP contribution in [0, 0.1) is 0 Å². The van der Waals surface area contributed by atoms with E-state index < -0.39 is 0 Å². The number of hydrogen-bond acceptors (Lipinski definition) is 5. The van der Waals surface area contributed by atoms with Crippen LogP contribution < -0.4 is 4.74 Å². The highest BCUT2D eigenvalue weighted by molar-refractivity contribution is 5.72. The zero-order chi connectivity index (χ0) is 20.9. The van der Waals surface area contributed by atoms with E-state index in [9.17, 15) is 9.90 Å². The monoisotopic (exact) mass is 397 g/mol. The van der Waals surface area contributed by atoms with Crippen LogP contribution >= 0.6 is 0 Å². The van der Waals surface area contributed by atoms with Gasteiger partial charge in [-0.3, -0.25) is 4.79 Å². The number of para-hydroxylation sites is 2. The van der Waals surface area contributed by atoms with E-state index in [1.54, 1.807) is 41.1 Å².